The number of ether oxygens (including phenoxy) is 1. The van der Waals surface area contributed by atoms with Gasteiger partial charge in [-0.1, -0.05) is 35.3 Å². The number of halogens is 2. The highest BCUT2D eigenvalue weighted by molar-refractivity contribution is 6.32. The van der Waals surface area contributed by atoms with E-state index >= 15 is 0 Å². The van der Waals surface area contributed by atoms with Gasteiger partial charge in [0, 0.05) is 23.5 Å². The third kappa shape index (κ3) is 6.52. The maximum atomic E-state index is 13.4. The van der Waals surface area contributed by atoms with E-state index in [1.54, 1.807) is 48.7 Å². The van der Waals surface area contributed by atoms with Crippen LogP contribution in [0.3, 0.4) is 0 Å². The first-order valence-electron chi connectivity index (χ1n) is 11.2. The lowest BCUT2D eigenvalue weighted by molar-refractivity contribution is -0.121. The summed E-state index contributed by atoms with van der Waals surface area (Å²) in [6, 6.07) is 11.9. The first-order chi connectivity index (χ1) is 17.2. The molecular formula is C24H24Cl2N6O4. The van der Waals surface area contributed by atoms with E-state index in [0.29, 0.717) is 28.0 Å². The first kappa shape index (κ1) is 25.5. The van der Waals surface area contributed by atoms with Crippen molar-refractivity contribution in [2.24, 2.45) is 4.99 Å². The Kier molecular flexibility index (Phi) is 7.76. The summed E-state index contributed by atoms with van der Waals surface area (Å²) in [5, 5.41) is 6.53. The number of rotatable bonds is 10. The number of nitrogens with one attached hydrogen (secondary N) is 2. The lowest BCUT2D eigenvalue weighted by atomic mass is 10.2. The number of anilines is 2. The minimum absolute atomic E-state index is 0.00316. The zero-order chi connectivity index (χ0) is 25.8. The van der Waals surface area contributed by atoms with Crippen LogP contribution in [0.2, 0.25) is 10.0 Å². The Morgan fingerprint density at radius 1 is 1.11 bits per heavy atom. The van der Waals surface area contributed by atoms with Crippen molar-refractivity contribution in [2.75, 3.05) is 11.9 Å². The quantitative estimate of drug-likeness (QED) is 0.415. The topological polar surface area (TPSA) is 120 Å². The fraction of sp³-hybridized carbons (Fsp3) is 0.292. The van der Waals surface area contributed by atoms with E-state index < -0.39 is 23.8 Å². The third-order valence-electron chi connectivity index (χ3n) is 5.12. The van der Waals surface area contributed by atoms with E-state index in [4.69, 9.17) is 27.9 Å². The van der Waals surface area contributed by atoms with Crippen molar-refractivity contribution in [1.29, 1.82) is 0 Å². The van der Waals surface area contributed by atoms with Crippen LogP contribution in [0.5, 0.6) is 5.75 Å². The lowest BCUT2D eigenvalue weighted by Gasteiger charge is -2.17. The number of carbonyl (C=O) groups is 1. The highest BCUT2D eigenvalue weighted by Crippen LogP contribution is 2.29. The van der Waals surface area contributed by atoms with Gasteiger partial charge >= 0.3 is 11.4 Å². The number of hydrogen-bond donors (Lipinski definition) is 2. The molecule has 1 amide bonds. The van der Waals surface area contributed by atoms with Crippen molar-refractivity contribution in [3.63, 3.8) is 0 Å². The van der Waals surface area contributed by atoms with Crippen LogP contribution in [0.15, 0.2) is 57.0 Å². The van der Waals surface area contributed by atoms with Crippen molar-refractivity contribution in [3.8, 4) is 5.75 Å². The Bertz CT molecular complexity index is 1410. The summed E-state index contributed by atoms with van der Waals surface area (Å²) in [4.78, 5) is 46.4. The molecule has 2 N–H and O–H groups in total. The monoisotopic (exact) mass is 530 g/mol. The predicted molar refractivity (Wildman–Crippen MR) is 139 cm³/mol. The van der Waals surface area contributed by atoms with E-state index in [2.05, 4.69) is 20.6 Å². The van der Waals surface area contributed by atoms with Gasteiger partial charge in [-0.2, -0.15) is 4.98 Å². The molecule has 0 saturated heterocycles. The van der Waals surface area contributed by atoms with Gasteiger partial charge in [-0.25, -0.2) is 14.2 Å². The van der Waals surface area contributed by atoms with Crippen molar-refractivity contribution >= 4 is 47.0 Å². The molecule has 2 aromatic carbocycles. The van der Waals surface area contributed by atoms with Crippen molar-refractivity contribution in [3.05, 3.63) is 79.0 Å². The molecule has 0 radical (unpaired) electrons. The second kappa shape index (κ2) is 11.0. The molecule has 0 saturated carbocycles. The third-order valence-corrected chi connectivity index (χ3v) is 5.67. The molecule has 36 heavy (non-hydrogen) atoms. The van der Waals surface area contributed by atoms with Gasteiger partial charge < -0.3 is 15.4 Å². The minimum atomic E-state index is -0.862. The molecule has 4 rings (SSSR count). The fourth-order valence-electron chi connectivity index (χ4n) is 3.32. The SMILES string of the molecule is CC(C)Oc1ccc(Nc2nc(=O)n(CC(=O)NCC3C=N3)c(=O)n2Cc2ccc(Cl)cc2)cc1Cl. The number of nitrogens with zero attached hydrogens (tertiary/aromatic N) is 4. The van der Waals surface area contributed by atoms with Crippen molar-refractivity contribution in [2.45, 2.75) is 39.1 Å². The lowest BCUT2D eigenvalue weighted by Crippen LogP contribution is -2.46. The van der Waals surface area contributed by atoms with Gasteiger partial charge in [-0.3, -0.25) is 14.4 Å². The van der Waals surface area contributed by atoms with E-state index in [-0.39, 0.29) is 24.6 Å². The molecule has 2 heterocycles. The number of amides is 1. The molecule has 1 atom stereocenters. The summed E-state index contributed by atoms with van der Waals surface area (Å²) >= 11 is 12.3. The summed E-state index contributed by atoms with van der Waals surface area (Å²) < 4.78 is 7.71. The van der Waals surface area contributed by atoms with Gasteiger partial charge in [0.2, 0.25) is 11.9 Å². The average molecular weight is 531 g/mol. The summed E-state index contributed by atoms with van der Waals surface area (Å²) in [6.45, 7) is 3.70. The fourth-order valence-corrected chi connectivity index (χ4v) is 3.67. The summed E-state index contributed by atoms with van der Waals surface area (Å²) in [7, 11) is 0. The van der Waals surface area contributed by atoms with Gasteiger partial charge in [0.15, 0.2) is 0 Å². The summed E-state index contributed by atoms with van der Waals surface area (Å²) in [6.07, 6.45) is 1.63. The molecule has 0 spiro atoms. The second-order valence-electron chi connectivity index (χ2n) is 8.41. The maximum Gasteiger partial charge on any atom is 0.355 e. The number of hydrogen-bond acceptors (Lipinski definition) is 7. The highest BCUT2D eigenvalue weighted by Gasteiger charge is 2.19. The van der Waals surface area contributed by atoms with Gasteiger partial charge in [0.05, 0.1) is 17.7 Å². The Labute approximate surface area is 216 Å². The van der Waals surface area contributed by atoms with Crippen LogP contribution < -0.4 is 26.7 Å². The standard InChI is InChI=1S/C24H24Cl2N6O4/c1-14(2)36-20-8-7-17(9-19(20)26)29-22-30-23(34)32(13-21(33)28-11-18-10-27-18)24(35)31(22)12-15-3-5-16(25)6-4-15/h3-10,14,18H,11-13H2,1-2H3,(H,28,33)(H,29,30,34). The Balaban J connectivity index is 1.67. The molecule has 188 valence electrons. The van der Waals surface area contributed by atoms with E-state index in [1.165, 1.54) is 4.57 Å². The van der Waals surface area contributed by atoms with Crippen LogP contribution in [0.25, 0.3) is 0 Å². The van der Waals surface area contributed by atoms with Crippen LogP contribution in [0, 0.1) is 0 Å². The molecule has 3 aromatic rings. The second-order valence-corrected chi connectivity index (χ2v) is 9.25. The van der Waals surface area contributed by atoms with Crippen molar-refractivity contribution < 1.29 is 9.53 Å². The van der Waals surface area contributed by atoms with Crippen LogP contribution in [-0.2, 0) is 17.9 Å². The minimum Gasteiger partial charge on any atom is -0.489 e. The molecule has 1 unspecified atom stereocenters. The predicted octanol–water partition coefficient (Wildman–Crippen LogP) is 2.86. The molecule has 0 bridgehead atoms. The molecule has 1 aliphatic heterocycles. The molecule has 1 aliphatic rings. The van der Waals surface area contributed by atoms with Crippen LogP contribution >= 0.6 is 23.2 Å². The van der Waals surface area contributed by atoms with Crippen LogP contribution in [0.4, 0.5) is 11.6 Å². The highest BCUT2D eigenvalue weighted by atomic mass is 35.5. The van der Waals surface area contributed by atoms with Gasteiger partial charge in [-0.15, -0.1) is 0 Å². The number of carbonyl (C=O) groups excluding carboxylic acids is 1. The van der Waals surface area contributed by atoms with Gasteiger partial charge in [0.25, 0.3) is 0 Å². The zero-order valence-electron chi connectivity index (χ0n) is 19.6. The average Bonchev–Trinajstić information content (AvgIpc) is 3.65. The normalized spacial score (nSPS) is 14.1. The van der Waals surface area contributed by atoms with E-state index in [0.717, 1.165) is 10.1 Å². The van der Waals surface area contributed by atoms with E-state index in [9.17, 15) is 14.4 Å². The summed E-state index contributed by atoms with van der Waals surface area (Å²) in [5.74, 6) is 0.0103. The largest absolute Gasteiger partial charge is 0.489 e. The summed E-state index contributed by atoms with van der Waals surface area (Å²) in [5.41, 5.74) is -0.326. The number of aliphatic imine (C=N–C) groups is 1. The van der Waals surface area contributed by atoms with Crippen molar-refractivity contribution in [1.82, 2.24) is 19.4 Å². The molecule has 0 fully saturated rings. The molecule has 0 aliphatic carbocycles. The molecule has 1 aromatic heterocycles. The first-order valence-corrected chi connectivity index (χ1v) is 11.9. The Hall–Kier alpha value is -3.63. The molecule has 12 heteroatoms. The Morgan fingerprint density at radius 2 is 1.83 bits per heavy atom. The van der Waals surface area contributed by atoms with Crippen LogP contribution in [-0.4, -0.2) is 44.9 Å². The number of benzene rings is 2. The molecule has 10 nitrogen and oxygen atoms in total. The zero-order valence-corrected chi connectivity index (χ0v) is 21.1. The smallest absolute Gasteiger partial charge is 0.355 e. The van der Waals surface area contributed by atoms with Gasteiger partial charge in [-0.05, 0) is 49.7 Å². The van der Waals surface area contributed by atoms with E-state index in [1.807, 2.05) is 13.8 Å². The van der Waals surface area contributed by atoms with Gasteiger partial charge in [0.1, 0.15) is 18.3 Å². The van der Waals surface area contributed by atoms with Crippen LogP contribution in [0.1, 0.15) is 19.4 Å². The number of aromatic nitrogens is 3. The molecular weight excluding hydrogens is 507 g/mol. The Morgan fingerprint density at radius 3 is 2.47 bits per heavy atom. The maximum absolute atomic E-state index is 13.4.